The van der Waals surface area contributed by atoms with E-state index in [0.29, 0.717) is 0 Å². The molecule has 0 atom stereocenters. The van der Waals surface area contributed by atoms with Gasteiger partial charge in [-0.05, 0) is 0 Å². The van der Waals surface area contributed by atoms with Crippen LogP contribution in [0.25, 0.3) is 0 Å². The quantitative estimate of drug-likeness (QED) is 0.496. The Morgan fingerprint density at radius 1 is 0.565 bits per heavy atom. The standard InChI is InChI=1S/3C4H8NS2.CH3.Sn/c3*1-5-2-6-4-7-3-5;;/h3*4H,2-3H2,1H3;1H3;. The number of thioether (sulfide) groups is 6. The van der Waals surface area contributed by atoms with Crippen LogP contribution in [0.3, 0.4) is 0 Å². The van der Waals surface area contributed by atoms with Gasteiger partial charge in [-0.2, -0.15) is 0 Å². The first-order chi connectivity index (χ1) is 11.0. The van der Waals surface area contributed by atoms with Crippen LogP contribution in [-0.4, -0.2) is 97.3 Å². The van der Waals surface area contributed by atoms with Gasteiger partial charge in [0.2, 0.25) is 0 Å². The van der Waals surface area contributed by atoms with Gasteiger partial charge in [0, 0.05) is 0 Å². The molecule has 0 radical (unpaired) electrons. The van der Waals surface area contributed by atoms with Gasteiger partial charge in [0.15, 0.2) is 0 Å². The summed E-state index contributed by atoms with van der Waals surface area (Å²) in [4.78, 5) is 10.2. The van der Waals surface area contributed by atoms with E-state index in [4.69, 9.17) is 0 Å². The van der Waals surface area contributed by atoms with Gasteiger partial charge in [-0.3, -0.25) is 0 Å². The normalized spacial score (nSPS) is 29.2. The second-order valence-electron chi connectivity index (χ2n) is 6.70. The molecule has 3 rings (SSSR count). The molecular weight excluding hydrogens is 509 g/mol. The second-order valence-corrected chi connectivity index (χ2v) is 33.9. The van der Waals surface area contributed by atoms with Crippen LogP contribution in [0.15, 0.2) is 0 Å². The van der Waals surface area contributed by atoms with Crippen LogP contribution in [-0.2, 0) is 0 Å². The fourth-order valence-corrected chi connectivity index (χ4v) is 52.5. The van der Waals surface area contributed by atoms with Crippen LogP contribution in [0.4, 0.5) is 0 Å². The second kappa shape index (κ2) is 9.32. The SMILES string of the molecule is CN1CS[CH]([Sn]([CH3])([CH]2SCN(C)CS2)[CH]2SCN(C)CS2)SC1. The molecule has 0 aliphatic carbocycles. The molecule has 0 aromatic carbocycles. The van der Waals surface area contributed by atoms with E-state index in [1.807, 2.05) is 0 Å². The average Bonchev–Trinajstić information content (AvgIpc) is 2.56. The monoisotopic (exact) mass is 537 g/mol. The first kappa shape index (κ1) is 20.5. The van der Waals surface area contributed by atoms with Crippen molar-refractivity contribution in [2.24, 2.45) is 0 Å². The van der Waals surface area contributed by atoms with Crippen molar-refractivity contribution >= 4 is 88.9 Å². The topological polar surface area (TPSA) is 9.72 Å². The van der Waals surface area contributed by atoms with Gasteiger partial charge in [0.25, 0.3) is 0 Å². The van der Waals surface area contributed by atoms with Crippen LogP contribution >= 0.6 is 70.6 Å². The third kappa shape index (κ3) is 4.99. The summed E-state index contributed by atoms with van der Waals surface area (Å²) in [6.45, 7) is 0. The van der Waals surface area contributed by atoms with Crippen molar-refractivity contribution in [3.05, 3.63) is 0 Å². The van der Waals surface area contributed by atoms with Crippen molar-refractivity contribution < 1.29 is 0 Å². The molecule has 3 saturated heterocycles. The summed E-state index contributed by atoms with van der Waals surface area (Å²) >= 11 is 11.3. The predicted molar refractivity (Wildman–Crippen MR) is 121 cm³/mol. The molecule has 3 aliphatic heterocycles. The molecule has 0 saturated carbocycles. The summed E-state index contributed by atoms with van der Waals surface area (Å²) in [6, 6.07) is 0. The Morgan fingerprint density at radius 2 is 0.783 bits per heavy atom. The minimum absolute atomic E-state index is 0.919. The molecule has 3 fully saturated rings. The van der Waals surface area contributed by atoms with Crippen molar-refractivity contribution in [3.63, 3.8) is 0 Å². The first-order valence-corrected chi connectivity index (χ1v) is 21.8. The summed E-state index contributed by atoms with van der Waals surface area (Å²) in [5, 5.41) is 0. The summed E-state index contributed by atoms with van der Waals surface area (Å²) in [7, 11) is 6.80. The molecule has 3 nitrogen and oxygen atoms in total. The van der Waals surface area contributed by atoms with Gasteiger partial charge in [-0.15, -0.1) is 0 Å². The molecule has 0 spiro atoms. The van der Waals surface area contributed by atoms with Gasteiger partial charge in [0.1, 0.15) is 0 Å². The van der Waals surface area contributed by atoms with Gasteiger partial charge in [-0.25, -0.2) is 0 Å². The van der Waals surface area contributed by atoms with E-state index < -0.39 is 18.4 Å². The Hall–Kier alpha value is 2.78. The van der Waals surface area contributed by atoms with E-state index in [9.17, 15) is 0 Å². The molecule has 134 valence electrons. The molecular formula is C13H27N3S6Sn. The fourth-order valence-electron chi connectivity index (χ4n) is 2.84. The minimum atomic E-state index is -2.36. The summed E-state index contributed by atoms with van der Waals surface area (Å²) in [5.41, 5.74) is 0. The number of hydrogen-bond donors (Lipinski definition) is 0. The van der Waals surface area contributed by atoms with Crippen molar-refractivity contribution in [3.8, 4) is 0 Å². The Labute approximate surface area is 171 Å². The fraction of sp³-hybridized carbons (Fsp3) is 1.00. The van der Waals surface area contributed by atoms with Crippen LogP contribution in [0.2, 0.25) is 4.94 Å². The van der Waals surface area contributed by atoms with Gasteiger partial charge in [-0.1, -0.05) is 0 Å². The maximum atomic E-state index is 2.80. The van der Waals surface area contributed by atoms with E-state index in [2.05, 4.69) is 111 Å². The zero-order chi connectivity index (χ0) is 16.4. The molecule has 23 heavy (non-hydrogen) atoms. The molecule has 3 aliphatic rings. The zero-order valence-electron chi connectivity index (χ0n) is 14.3. The van der Waals surface area contributed by atoms with Crippen LogP contribution in [0.1, 0.15) is 0 Å². The Bertz CT molecular complexity index is 327. The Kier molecular flexibility index (Phi) is 8.31. The first-order valence-electron chi connectivity index (χ1n) is 7.75. The van der Waals surface area contributed by atoms with Crippen molar-refractivity contribution in [2.45, 2.75) is 12.7 Å². The van der Waals surface area contributed by atoms with E-state index in [1.54, 1.807) is 0 Å². The van der Waals surface area contributed by atoms with Crippen LogP contribution < -0.4 is 0 Å². The van der Waals surface area contributed by atoms with E-state index in [0.717, 1.165) is 7.79 Å². The number of nitrogens with zero attached hydrogens (tertiary/aromatic N) is 3. The molecule has 0 N–H and O–H groups in total. The molecule has 0 aromatic rings. The van der Waals surface area contributed by atoms with E-state index in [1.165, 1.54) is 35.3 Å². The van der Waals surface area contributed by atoms with E-state index >= 15 is 0 Å². The van der Waals surface area contributed by atoms with Crippen molar-refractivity contribution in [1.82, 2.24) is 14.7 Å². The summed E-state index contributed by atoms with van der Waals surface area (Å²) in [6.07, 6.45) is 0. The molecule has 0 aromatic heterocycles. The maximum absolute atomic E-state index is 2.80. The van der Waals surface area contributed by atoms with Gasteiger partial charge < -0.3 is 0 Å². The third-order valence-corrected chi connectivity index (χ3v) is 49.7. The van der Waals surface area contributed by atoms with Crippen LogP contribution in [0, 0.1) is 0 Å². The molecule has 0 unspecified atom stereocenters. The number of rotatable bonds is 3. The van der Waals surface area contributed by atoms with Crippen molar-refractivity contribution in [1.29, 1.82) is 0 Å². The Morgan fingerprint density at radius 3 is 1.00 bits per heavy atom. The average molecular weight is 536 g/mol. The molecule has 3 heterocycles. The molecule has 0 bridgehead atoms. The molecule has 10 heteroatoms. The summed E-state index contributed by atoms with van der Waals surface area (Å²) in [5.74, 6) is 7.38. The zero-order valence-corrected chi connectivity index (χ0v) is 22.0. The Balaban J connectivity index is 1.77. The van der Waals surface area contributed by atoms with Gasteiger partial charge in [0.05, 0.1) is 0 Å². The third-order valence-electron chi connectivity index (χ3n) is 4.20. The molecule has 0 amide bonds. The summed E-state index contributed by atoms with van der Waals surface area (Å²) < 4.78 is 2.76. The van der Waals surface area contributed by atoms with Crippen LogP contribution in [0.5, 0.6) is 0 Å². The van der Waals surface area contributed by atoms with Crippen molar-refractivity contribution in [2.75, 3.05) is 56.4 Å². The van der Waals surface area contributed by atoms with Gasteiger partial charge >= 0.3 is 173 Å². The van der Waals surface area contributed by atoms with E-state index in [-0.39, 0.29) is 0 Å². The predicted octanol–water partition coefficient (Wildman–Crippen LogP) is 3.64. The number of hydrogen-bond acceptors (Lipinski definition) is 9.